The maximum absolute atomic E-state index is 13.2. The summed E-state index contributed by atoms with van der Waals surface area (Å²) in [7, 11) is -2.22. The number of sulfonamides is 1. The average Bonchev–Trinajstić information content (AvgIpc) is 2.89. The van der Waals surface area contributed by atoms with Gasteiger partial charge in [-0.15, -0.1) is 0 Å². The quantitative estimate of drug-likeness (QED) is 0.312. The van der Waals surface area contributed by atoms with Crippen LogP contribution in [-0.2, 0) is 16.4 Å². The van der Waals surface area contributed by atoms with Crippen LogP contribution in [-0.4, -0.2) is 15.5 Å². The van der Waals surface area contributed by atoms with Crippen LogP contribution in [0.15, 0.2) is 108 Å². The number of hydrogen-bond acceptors (Lipinski definition) is 4. The second-order valence-electron chi connectivity index (χ2n) is 8.07. The van der Waals surface area contributed by atoms with E-state index in [4.69, 9.17) is 16.3 Å². The van der Waals surface area contributed by atoms with Gasteiger partial charge in [0.15, 0.2) is 0 Å². The Kier molecular flexibility index (Phi) is 6.24. The number of halogens is 1. The third-order valence-electron chi connectivity index (χ3n) is 5.88. The second kappa shape index (κ2) is 9.49. The second-order valence-corrected chi connectivity index (χ2v) is 10.2. The smallest absolute Gasteiger partial charge is 0.262 e. The van der Waals surface area contributed by atoms with E-state index in [9.17, 15) is 8.42 Å². The van der Waals surface area contributed by atoms with Crippen LogP contribution in [0.5, 0.6) is 5.75 Å². The summed E-state index contributed by atoms with van der Waals surface area (Å²) in [5.41, 5.74) is 5.22. The predicted octanol–water partition coefficient (Wildman–Crippen LogP) is 6.88. The highest BCUT2D eigenvalue weighted by Gasteiger charge is 2.24. The van der Waals surface area contributed by atoms with Crippen molar-refractivity contribution >= 4 is 44.4 Å². The minimum absolute atomic E-state index is 0.145. The molecular weight excluding hydrogens is 480 g/mol. The molecule has 0 amide bonds. The summed E-state index contributed by atoms with van der Waals surface area (Å²) in [6.45, 7) is 0. The molecule has 0 aromatic heterocycles. The van der Waals surface area contributed by atoms with Crippen LogP contribution in [0.4, 0.5) is 17.1 Å². The summed E-state index contributed by atoms with van der Waals surface area (Å²) in [5, 5.41) is 0.335. The fourth-order valence-electron chi connectivity index (χ4n) is 4.15. The standard InChI is InChI=1S/C28H23ClN2O3S/c1-34-23-16-13-21(14-17-23)28-18-15-20-7-2-5-12-27(20)31(28)22-8-6-9-24(19-22)35(32,33)30-26-11-4-3-10-25(26)29/h2-14,16-19,30H,15H2,1H3. The van der Waals surface area contributed by atoms with Gasteiger partial charge in [-0.1, -0.05) is 54.1 Å². The minimum atomic E-state index is -3.86. The number of hydrogen-bond donors (Lipinski definition) is 1. The van der Waals surface area contributed by atoms with E-state index in [-0.39, 0.29) is 4.90 Å². The van der Waals surface area contributed by atoms with Crippen LogP contribution in [0.25, 0.3) is 5.70 Å². The Bertz CT molecular complexity index is 1520. The van der Waals surface area contributed by atoms with Crippen molar-refractivity contribution in [1.29, 1.82) is 0 Å². The predicted molar refractivity (Wildman–Crippen MR) is 142 cm³/mol. The lowest BCUT2D eigenvalue weighted by molar-refractivity contribution is 0.415. The number of benzene rings is 4. The number of fused-ring (bicyclic) bond motifs is 1. The normalized spacial score (nSPS) is 13.1. The molecule has 4 aromatic rings. The molecule has 0 saturated carbocycles. The molecule has 7 heteroatoms. The Balaban J connectivity index is 1.58. The number of nitrogens with zero attached hydrogens (tertiary/aromatic N) is 1. The van der Waals surface area contributed by atoms with E-state index in [0.29, 0.717) is 10.7 Å². The van der Waals surface area contributed by atoms with Crippen molar-refractivity contribution in [1.82, 2.24) is 0 Å². The molecule has 1 N–H and O–H groups in total. The van der Waals surface area contributed by atoms with Crippen LogP contribution in [0.3, 0.4) is 0 Å². The fourth-order valence-corrected chi connectivity index (χ4v) is 5.51. The van der Waals surface area contributed by atoms with Gasteiger partial charge in [-0.3, -0.25) is 4.72 Å². The molecule has 0 aliphatic carbocycles. The highest BCUT2D eigenvalue weighted by Crippen LogP contribution is 2.41. The zero-order valence-electron chi connectivity index (χ0n) is 19.0. The van der Waals surface area contributed by atoms with Crippen molar-refractivity contribution in [3.05, 3.63) is 119 Å². The largest absolute Gasteiger partial charge is 0.497 e. The van der Waals surface area contributed by atoms with Gasteiger partial charge in [0.25, 0.3) is 10.0 Å². The molecule has 1 aliphatic heterocycles. The third-order valence-corrected chi connectivity index (χ3v) is 7.57. The van der Waals surface area contributed by atoms with Gasteiger partial charge < -0.3 is 9.64 Å². The number of anilines is 3. The van der Waals surface area contributed by atoms with E-state index in [1.165, 1.54) is 0 Å². The molecule has 0 unspecified atom stereocenters. The fraction of sp³-hybridized carbons (Fsp3) is 0.0714. The van der Waals surface area contributed by atoms with Gasteiger partial charge >= 0.3 is 0 Å². The Labute approximate surface area is 210 Å². The Morgan fingerprint density at radius 2 is 1.63 bits per heavy atom. The van der Waals surface area contributed by atoms with E-state index in [0.717, 1.165) is 40.4 Å². The molecular formula is C28H23ClN2O3S. The first-order valence-electron chi connectivity index (χ1n) is 11.1. The topological polar surface area (TPSA) is 58.6 Å². The summed E-state index contributed by atoms with van der Waals surface area (Å²) < 4.78 is 34.4. The number of nitrogens with one attached hydrogen (secondary N) is 1. The van der Waals surface area contributed by atoms with Crippen LogP contribution in [0.2, 0.25) is 5.02 Å². The molecule has 0 atom stereocenters. The van der Waals surface area contributed by atoms with Crippen LogP contribution >= 0.6 is 11.6 Å². The van der Waals surface area contributed by atoms with Gasteiger partial charge in [-0.05, 0) is 78.2 Å². The molecule has 0 saturated heterocycles. The SMILES string of the molecule is COc1ccc(C2=CCc3ccccc3N2c2cccc(S(=O)(=O)Nc3ccccc3Cl)c2)cc1. The monoisotopic (exact) mass is 502 g/mol. The molecule has 5 nitrogen and oxygen atoms in total. The highest BCUT2D eigenvalue weighted by atomic mass is 35.5. The number of para-hydroxylation sites is 2. The summed E-state index contributed by atoms with van der Waals surface area (Å²) in [5.74, 6) is 0.774. The van der Waals surface area contributed by atoms with E-state index in [2.05, 4.69) is 27.8 Å². The number of methoxy groups -OCH3 is 1. The van der Waals surface area contributed by atoms with Crippen molar-refractivity contribution in [2.24, 2.45) is 0 Å². The Morgan fingerprint density at radius 1 is 0.886 bits per heavy atom. The van der Waals surface area contributed by atoms with E-state index in [1.807, 2.05) is 42.5 Å². The van der Waals surface area contributed by atoms with Crippen molar-refractivity contribution in [2.75, 3.05) is 16.7 Å². The maximum Gasteiger partial charge on any atom is 0.262 e. The van der Waals surface area contributed by atoms with Gasteiger partial charge in [0.2, 0.25) is 0 Å². The Hall–Kier alpha value is -3.74. The molecule has 0 radical (unpaired) electrons. The lowest BCUT2D eigenvalue weighted by Gasteiger charge is -2.33. The van der Waals surface area contributed by atoms with Crippen LogP contribution in [0, 0.1) is 0 Å². The first-order valence-corrected chi connectivity index (χ1v) is 12.9. The molecule has 0 fully saturated rings. The molecule has 176 valence electrons. The third kappa shape index (κ3) is 4.63. The van der Waals surface area contributed by atoms with Crippen molar-refractivity contribution in [3.63, 3.8) is 0 Å². The summed E-state index contributed by atoms with van der Waals surface area (Å²) in [4.78, 5) is 2.24. The minimum Gasteiger partial charge on any atom is -0.497 e. The number of allylic oxidation sites excluding steroid dienone is 1. The molecule has 1 aliphatic rings. The molecule has 0 bridgehead atoms. The molecule has 4 aromatic carbocycles. The first kappa shape index (κ1) is 23.0. The van der Waals surface area contributed by atoms with Crippen molar-refractivity contribution < 1.29 is 13.2 Å². The molecule has 0 spiro atoms. The van der Waals surface area contributed by atoms with Crippen molar-refractivity contribution in [2.45, 2.75) is 11.3 Å². The summed E-state index contributed by atoms with van der Waals surface area (Å²) in [6, 6.07) is 29.7. The zero-order valence-corrected chi connectivity index (χ0v) is 20.6. The number of ether oxygens (including phenoxy) is 1. The van der Waals surface area contributed by atoms with Gasteiger partial charge in [-0.25, -0.2) is 8.42 Å². The summed E-state index contributed by atoms with van der Waals surface area (Å²) in [6.07, 6.45) is 2.94. The average molecular weight is 503 g/mol. The zero-order chi connectivity index (χ0) is 24.4. The van der Waals surface area contributed by atoms with Crippen molar-refractivity contribution in [3.8, 4) is 5.75 Å². The number of rotatable bonds is 6. The van der Waals surface area contributed by atoms with Gasteiger partial charge in [-0.2, -0.15) is 0 Å². The highest BCUT2D eigenvalue weighted by molar-refractivity contribution is 7.92. The van der Waals surface area contributed by atoms with E-state index < -0.39 is 10.0 Å². The van der Waals surface area contributed by atoms with Gasteiger partial charge in [0.1, 0.15) is 5.75 Å². The molecule has 35 heavy (non-hydrogen) atoms. The molecule has 5 rings (SSSR count). The van der Waals surface area contributed by atoms with Gasteiger partial charge in [0.05, 0.1) is 22.7 Å². The maximum atomic E-state index is 13.2. The first-order chi connectivity index (χ1) is 17.0. The van der Waals surface area contributed by atoms with E-state index in [1.54, 1.807) is 49.6 Å². The Morgan fingerprint density at radius 3 is 2.40 bits per heavy atom. The van der Waals surface area contributed by atoms with Gasteiger partial charge in [0, 0.05) is 17.1 Å². The van der Waals surface area contributed by atoms with E-state index >= 15 is 0 Å². The lowest BCUT2D eigenvalue weighted by atomic mass is 9.98. The van der Waals surface area contributed by atoms with Crippen LogP contribution in [0.1, 0.15) is 11.1 Å². The molecule has 1 heterocycles. The summed E-state index contributed by atoms with van der Waals surface area (Å²) >= 11 is 6.18. The lowest BCUT2D eigenvalue weighted by Crippen LogP contribution is -2.21. The van der Waals surface area contributed by atoms with Crippen LogP contribution < -0.4 is 14.4 Å².